The number of hydrogen-bond donors (Lipinski definition) is 2. The first kappa shape index (κ1) is 12.5. The van der Waals surface area contributed by atoms with Crippen molar-refractivity contribution >= 4 is 29.2 Å². The highest BCUT2D eigenvalue weighted by molar-refractivity contribution is 6.34. The second-order valence-corrected chi connectivity index (χ2v) is 5.10. The molecule has 1 aliphatic rings. The SMILES string of the molecule is CCNC(=O)NC1(c2cc(Cl)cc(Cl)c2)CC1. The summed E-state index contributed by atoms with van der Waals surface area (Å²) in [7, 11) is 0. The maximum atomic E-state index is 11.6. The molecule has 2 N–H and O–H groups in total. The zero-order chi connectivity index (χ0) is 12.5. The van der Waals surface area contributed by atoms with Gasteiger partial charge in [-0.25, -0.2) is 4.79 Å². The number of benzene rings is 1. The van der Waals surface area contributed by atoms with Crippen LogP contribution < -0.4 is 10.6 Å². The number of hydrogen-bond acceptors (Lipinski definition) is 1. The molecule has 0 aliphatic heterocycles. The largest absolute Gasteiger partial charge is 0.338 e. The molecule has 0 heterocycles. The highest BCUT2D eigenvalue weighted by Crippen LogP contribution is 2.46. The molecule has 0 radical (unpaired) electrons. The number of rotatable bonds is 3. The Labute approximate surface area is 110 Å². The van der Waals surface area contributed by atoms with Gasteiger partial charge < -0.3 is 10.6 Å². The molecular formula is C12H14Cl2N2O. The lowest BCUT2D eigenvalue weighted by Gasteiger charge is -2.18. The van der Waals surface area contributed by atoms with E-state index < -0.39 is 0 Å². The van der Waals surface area contributed by atoms with E-state index in [1.165, 1.54) is 0 Å². The third-order valence-electron chi connectivity index (χ3n) is 2.86. The summed E-state index contributed by atoms with van der Waals surface area (Å²) in [5.41, 5.74) is 0.689. The van der Waals surface area contributed by atoms with Crippen molar-refractivity contribution < 1.29 is 4.79 Å². The number of halogens is 2. The van der Waals surface area contributed by atoms with Crippen molar-refractivity contribution in [2.24, 2.45) is 0 Å². The molecule has 0 unspecified atom stereocenters. The second kappa shape index (κ2) is 4.75. The van der Waals surface area contributed by atoms with Crippen molar-refractivity contribution in [2.45, 2.75) is 25.3 Å². The highest BCUT2D eigenvalue weighted by atomic mass is 35.5. The van der Waals surface area contributed by atoms with E-state index in [0.29, 0.717) is 16.6 Å². The van der Waals surface area contributed by atoms with Crippen LogP contribution in [0.5, 0.6) is 0 Å². The Bertz CT molecular complexity index is 424. The molecule has 1 fully saturated rings. The first-order valence-electron chi connectivity index (χ1n) is 5.58. The van der Waals surface area contributed by atoms with Crippen LogP contribution in [0, 0.1) is 0 Å². The summed E-state index contributed by atoms with van der Waals surface area (Å²) in [6.07, 6.45) is 1.83. The molecule has 2 rings (SSSR count). The van der Waals surface area contributed by atoms with E-state index in [9.17, 15) is 4.79 Å². The highest BCUT2D eigenvalue weighted by Gasteiger charge is 2.45. The zero-order valence-electron chi connectivity index (χ0n) is 9.52. The molecule has 92 valence electrons. The standard InChI is InChI=1S/C12H14Cl2N2O/c1-2-15-11(17)16-12(3-4-12)8-5-9(13)7-10(14)6-8/h5-7H,2-4H2,1H3,(H2,15,16,17). The Morgan fingerprint density at radius 3 is 2.35 bits per heavy atom. The number of carbonyl (C=O) groups excluding carboxylic acids is 1. The minimum absolute atomic E-state index is 0.152. The molecule has 1 aliphatic carbocycles. The summed E-state index contributed by atoms with van der Waals surface area (Å²) in [4.78, 5) is 11.6. The fraction of sp³-hybridized carbons (Fsp3) is 0.417. The third kappa shape index (κ3) is 2.85. The van der Waals surface area contributed by atoms with Crippen molar-refractivity contribution in [1.29, 1.82) is 0 Å². The Morgan fingerprint density at radius 1 is 1.29 bits per heavy atom. The lowest BCUT2D eigenvalue weighted by molar-refractivity contribution is 0.236. The van der Waals surface area contributed by atoms with Gasteiger partial charge in [0.05, 0.1) is 5.54 Å². The molecule has 1 aromatic carbocycles. The maximum Gasteiger partial charge on any atom is 0.315 e. The molecule has 1 aromatic rings. The summed E-state index contributed by atoms with van der Waals surface area (Å²) < 4.78 is 0. The normalized spacial score (nSPS) is 16.4. The van der Waals surface area contributed by atoms with Gasteiger partial charge in [-0.1, -0.05) is 23.2 Å². The van der Waals surface area contributed by atoms with Crippen molar-refractivity contribution in [3.05, 3.63) is 33.8 Å². The molecule has 0 aromatic heterocycles. The lowest BCUT2D eigenvalue weighted by atomic mass is 10.1. The number of nitrogens with one attached hydrogen (secondary N) is 2. The predicted octanol–water partition coefficient (Wildman–Crippen LogP) is 3.30. The first-order valence-corrected chi connectivity index (χ1v) is 6.34. The summed E-state index contributed by atoms with van der Waals surface area (Å²) >= 11 is 11.9. The summed E-state index contributed by atoms with van der Waals surface area (Å²) in [6, 6.07) is 5.25. The van der Waals surface area contributed by atoms with Gasteiger partial charge >= 0.3 is 6.03 Å². The molecule has 2 amide bonds. The van der Waals surface area contributed by atoms with Gasteiger partial charge in [-0.3, -0.25) is 0 Å². The molecule has 17 heavy (non-hydrogen) atoms. The van der Waals surface area contributed by atoms with Crippen LogP contribution in [0.4, 0.5) is 4.79 Å². The summed E-state index contributed by atoms with van der Waals surface area (Å²) in [5, 5.41) is 6.88. The summed E-state index contributed by atoms with van der Waals surface area (Å²) in [6.45, 7) is 2.49. The second-order valence-electron chi connectivity index (χ2n) is 4.22. The fourth-order valence-corrected chi connectivity index (χ4v) is 2.39. The van der Waals surface area contributed by atoms with Crippen LogP contribution in [0.3, 0.4) is 0 Å². The van der Waals surface area contributed by atoms with Gasteiger partial charge in [0.1, 0.15) is 0 Å². The van der Waals surface area contributed by atoms with E-state index >= 15 is 0 Å². The van der Waals surface area contributed by atoms with Gasteiger partial charge in [-0.2, -0.15) is 0 Å². The number of urea groups is 1. The van der Waals surface area contributed by atoms with E-state index in [0.717, 1.165) is 18.4 Å². The van der Waals surface area contributed by atoms with E-state index in [2.05, 4.69) is 10.6 Å². The van der Waals surface area contributed by atoms with Gasteiger partial charge in [0.25, 0.3) is 0 Å². The average molecular weight is 273 g/mol. The quantitative estimate of drug-likeness (QED) is 0.871. The van der Waals surface area contributed by atoms with Crippen molar-refractivity contribution in [2.75, 3.05) is 6.54 Å². The fourth-order valence-electron chi connectivity index (χ4n) is 1.86. The van der Waals surface area contributed by atoms with Crippen LogP contribution in [-0.4, -0.2) is 12.6 Å². The molecule has 0 spiro atoms. The van der Waals surface area contributed by atoms with Gasteiger partial charge in [0.15, 0.2) is 0 Å². The van der Waals surface area contributed by atoms with Gasteiger partial charge in [-0.15, -0.1) is 0 Å². The van der Waals surface area contributed by atoms with Crippen LogP contribution in [0.15, 0.2) is 18.2 Å². The average Bonchev–Trinajstić information content (AvgIpc) is 2.97. The summed E-state index contributed by atoms with van der Waals surface area (Å²) in [5.74, 6) is 0. The van der Waals surface area contributed by atoms with Crippen molar-refractivity contribution in [3.8, 4) is 0 Å². The minimum atomic E-state index is -0.284. The van der Waals surface area contributed by atoms with Gasteiger partial charge in [0, 0.05) is 16.6 Å². The Morgan fingerprint density at radius 2 is 1.88 bits per heavy atom. The molecule has 0 saturated heterocycles. The van der Waals surface area contributed by atoms with E-state index in [4.69, 9.17) is 23.2 Å². The van der Waals surface area contributed by atoms with Crippen LogP contribution in [-0.2, 0) is 5.54 Å². The smallest absolute Gasteiger partial charge is 0.315 e. The topological polar surface area (TPSA) is 41.1 Å². The first-order chi connectivity index (χ1) is 8.05. The predicted molar refractivity (Wildman–Crippen MR) is 69.6 cm³/mol. The van der Waals surface area contributed by atoms with Crippen LogP contribution in [0.2, 0.25) is 10.0 Å². The Balaban J connectivity index is 2.18. The van der Waals surface area contributed by atoms with E-state index in [1.54, 1.807) is 6.07 Å². The molecule has 1 saturated carbocycles. The van der Waals surface area contributed by atoms with E-state index in [-0.39, 0.29) is 11.6 Å². The Kier molecular flexibility index (Phi) is 3.50. The molecule has 0 bridgehead atoms. The van der Waals surface area contributed by atoms with E-state index in [1.807, 2.05) is 19.1 Å². The zero-order valence-corrected chi connectivity index (χ0v) is 11.0. The third-order valence-corrected chi connectivity index (χ3v) is 3.29. The van der Waals surface area contributed by atoms with Crippen LogP contribution in [0.1, 0.15) is 25.3 Å². The van der Waals surface area contributed by atoms with Crippen LogP contribution in [0.25, 0.3) is 0 Å². The Hall–Kier alpha value is -0.930. The molecule has 5 heteroatoms. The number of amides is 2. The van der Waals surface area contributed by atoms with Gasteiger partial charge in [-0.05, 0) is 43.5 Å². The molecule has 3 nitrogen and oxygen atoms in total. The van der Waals surface area contributed by atoms with Crippen LogP contribution >= 0.6 is 23.2 Å². The molecular weight excluding hydrogens is 259 g/mol. The minimum Gasteiger partial charge on any atom is -0.338 e. The van der Waals surface area contributed by atoms with Gasteiger partial charge in [0.2, 0.25) is 0 Å². The van der Waals surface area contributed by atoms with Crippen molar-refractivity contribution in [1.82, 2.24) is 10.6 Å². The number of carbonyl (C=O) groups is 1. The van der Waals surface area contributed by atoms with Crippen molar-refractivity contribution in [3.63, 3.8) is 0 Å². The molecule has 0 atom stereocenters. The lowest BCUT2D eigenvalue weighted by Crippen LogP contribution is -2.42. The monoisotopic (exact) mass is 272 g/mol. The maximum absolute atomic E-state index is 11.6.